The number of nitrogens with zero attached hydrogens (tertiary/aromatic N) is 5. The molecule has 1 fully saturated rings. The fourth-order valence-electron chi connectivity index (χ4n) is 4.06. The minimum atomic E-state index is -0.318. The third-order valence-electron chi connectivity index (χ3n) is 5.95. The van der Waals surface area contributed by atoms with Crippen molar-refractivity contribution in [3.8, 4) is 5.69 Å². The zero-order valence-electron chi connectivity index (χ0n) is 19.3. The Labute approximate surface area is 193 Å². The Kier molecular flexibility index (Phi) is 7.10. The average molecular weight is 456 g/mol. The van der Waals surface area contributed by atoms with Gasteiger partial charge in [0.25, 0.3) is 5.91 Å². The third kappa shape index (κ3) is 5.09. The number of carbonyl (C=O) groups excluding carboxylic acids is 1. The van der Waals surface area contributed by atoms with Gasteiger partial charge in [0.15, 0.2) is 5.76 Å². The van der Waals surface area contributed by atoms with Crippen molar-refractivity contribution in [2.75, 3.05) is 58.4 Å². The number of ether oxygens (including phenoxy) is 1. The summed E-state index contributed by atoms with van der Waals surface area (Å²) in [5, 5.41) is 4.77. The number of rotatable bonds is 8. The molecule has 9 heteroatoms. The molecule has 0 spiro atoms. The molecule has 33 heavy (non-hydrogen) atoms. The summed E-state index contributed by atoms with van der Waals surface area (Å²) in [6.07, 6.45) is 1.49. The molecule has 0 bridgehead atoms. The fourth-order valence-corrected chi connectivity index (χ4v) is 4.06. The normalized spacial score (nSPS) is 14.6. The minimum Gasteiger partial charge on any atom is -0.459 e. The van der Waals surface area contributed by atoms with E-state index < -0.39 is 0 Å². The summed E-state index contributed by atoms with van der Waals surface area (Å²) in [6.45, 7) is 6.51. The summed E-state index contributed by atoms with van der Waals surface area (Å²) in [4.78, 5) is 19.4. The molecule has 1 aliphatic rings. The van der Waals surface area contributed by atoms with Crippen LogP contribution < -0.4 is 4.90 Å². The SMILES string of the molecule is COCCN(Cc1c(C)nn(-c2cccc(F)c2)c1N1CCN(C)CC1)C(=O)c1ccco1. The number of anilines is 1. The average Bonchev–Trinajstić information content (AvgIpc) is 3.45. The highest BCUT2D eigenvalue weighted by atomic mass is 19.1. The molecular formula is C24H30FN5O3. The molecule has 1 amide bonds. The van der Waals surface area contributed by atoms with Crippen molar-refractivity contribution in [1.29, 1.82) is 0 Å². The number of likely N-dealkylation sites (N-methyl/N-ethyl adjacent to an activating group) is 1. The second kappa shape index (κ2) is 10.2. The summed E-state index contributed by atoms with van der Waals surface area (Å²) in [5.74, 6) is 0.642. The molecule has 176 valence electrons. The van der Waals surface area contributed by atoms with Crippen molar-refractivity contribution in [2.45, 2.75) is 13.5 Å². The van der Waals surface area contributed by atoms with E-state index in [2.05, 4.69) is 16.8 Å². The van der Waals surface area contributed by atoms with Crippen LogP contribution in [0.3, 0.4) is 0 Å². The van der Waals surface area contributed by atoms with Gasteiger partial charge in [-0.15, -0.1) is 0 Å². The van der Waals surface area contributed by atoms with Crippen LogP contribution >= 0.6 is 0 Å². The zero-order valence-corrected chi connectivity index (χ0v) is 19.3. The van der Waals surface area contributed by atoms with Crippen LogP contribution in [0.5, 0.6) is 0 Å². The summed E-state index contributed by atoms with van der Waals surface area (Å²) >= 11 is 0. The summed E-state index contributed by atoms with van der Waals surface area (Å²) in [6, 6.07) is 9.78. The molecule has 4 rings (SSSR count). The maximum atomic E-state index is 14.1. The Morgan fingerprint density at radius 1 is 1.21 bits per heavy atom. The van der Waals surface area contributed by atoms with Crippen LogP contribution in [0.25, 0.3) is 5.69 Å². The Bertz CT molecular complexity index is 1070. The van der Waals surface area contributed by atoms with Crippen LogP contribution in [-0.4, -0.2) is 79.0 Å². The van der Waals surface area contributed by atoms with Crippen LogP contribution in [0.15, 0.2) is 47.1 Å². The number of carbonyl (C=O) groups is 1. The number of aryl methyl sites for hydroxylation is 1. The fraction of sp³-hybridized carbons (Fsp3) is 0.417. The summed E-state index contributed by atoms with van der Waals surface area (Å²) in [7, 11) is 3.71. The summed E-state index contributed by atoms with van der Waals surface area (Å²) < 4.78 is 26.5. The molecule has 0 saturated carbocycles. The lowest BCUT2D eigenvalue weighted by Gasteiger charge is -2.35. The number of amides is 1. The number of hydrogen-bond donors (Lipinski definition) is 0. The quantitative estimate of drug-likeness (QED) is 0.520. The second-order valence-corrected chi connectivity index (χ2v) is 8.27. The van der Waals surface area contributed by atoms with Gasteiger partial charge in [-0.2, -0.15) is 5.10 Å². The molecule has 1 saturated heterocycles. The van der Waals surface area contributed by atoms with Crippen molar-refractivity contribution >= 4 is 11.7 Å². The molecule has 8 nitrogen and oxygen atoms in total. The smallest absolute Gasteiger partial charge is 0.289 e. The lowest BCUT2D eigenvalue weighted by molar-refractivity contribution is 0.0649. The Hall–Kier alpha value is -3.17. The van der Waals surface area contributed by atoms with E-state index in [0.717, 1.165) is 43.3 Å². The molecule has 0 radical (unpaired) electrons. The first-order valence-electron chi connectivity index (χ1n) is 11.1. The van der Waals surface area contributed by atoms with Gasteiger partial charge in [0.05, 0.1) is 30.8 Å². The molecule has 0 aliphatic carbocycles. The van der Waals surface area contributed by atoms with Crippen molar-refractivity contribution < 1.29 is 18.3 Å². The maximum Gasteiger partial charge on any atom is 0.289 e. The van der Waals surface area contributed by atoms with Crippen molar-refractivity contribution in [2.24, 2.45) is 0 Å². The number of halogens is 1. The number of hydrogen-bond acceptors (Lipinski definition) is 6. The van der Waals surface area contributed by atoms with E-state index in [1.54, 1.807) is 34.9 Å². The largest absolute Gasteiger partial charge is 0.459 e. The van der Waals surface area contributed by atoms with Gasteiger partial charge >= 0.3 is 0 Å². The van der Waals surface area contributed by atoms with E-state index >= 15 is 0 Å². The predicted molar refractivity (Wildman–Crippen MR) is 123 cm³/mol. The number of methoxy groups -OCH3 is 1. The van der Waals surface area contributed by atoms with Gasteiger partial charge < -0.3 is 23.9 Å². The van der Waals surface area contributed by atoms with Crippen molar-refractivity contribution in [3.63, 3.8) is 0 Å². The number of aromatic nitrogens is 2. The van der Waals surface area contributed by atoms with E-state index in [1.165, 1.54) is 18.4 Å². The highest BCUT2D eigenvalue weighted by Gasteiger charge is 2.28. The van der Waals surface area contributed by atoms with Gasteiger partial charge in [-0.25, -0.2) is 9.07 Å². The van der Waals surface area contributed by atoms with Crippen LogP contribution in [0, 0.1) is 12.7 Å². The van der Waals surface area contributed by atoms with Crippen molar-refractivity contribution in [3.05, 3.63) is 65.5 Å². The van der Waals surface area contributed by atoms with Crippen LogP contribution in [-0.2, 0) is 11.3 Å². The zero-order chi connectivity index (χ0) is 23.4. The summed E-state index contributed by atoms with van der Waals surface area (Å²) in [5.41, 5.74) is 2.38. The van der Waals surface area contributed by atoms with Gasteiger partial charge in [0, 0.05) is 45.4 Å². The first-order chi connectivity index (χ1) is 16.0. The Morgan fingerprint density at radius 2 is 2.00 bits per heavy atom. The van der Waals surface area contributed by atoms with E-state index in [1.807, 2.05) is 13.0 Å². The number of piperazine rings is 1. The van der Waals surface area contributed by atoms with E-state index in [9.17, 15) is 9.18 Å². The highest BCUT2D eigenvalue weighted by Crippen LogP contribution is 2.30. The van der Waals surface area contributed by atoms with Gasteiger partial charge in [0.1, 0.15) is 11.6 Å². The third-order valence-corrected chi connectivity index (χ3v) is 5.95. The minimum absolute atomic E-state index is 0.209. The first-order valence-corrected chi connectivity index (χ1v) is 11.1. The molecule has 0 N–H and O–H groups in total. The standard InChI is InChI=1S/C24H30FN5O3/c1-18-21(17-29(13-15-32-3)24(31)22-8-5-14-33-22)23(28-11-9-27(2)10-12-28)30(26-18)20-7-4-6-19(25)16-20/h4-8,14,16H,9-13,15,17H2,1-3H3. The molecule has 1 aromatic carbocycles. The van der Waals surface area contributed by atoms with E-state index in [-0.39, 0.29) is 17.5 Å². The van der Waals surface area contributed by atoms with Crippen LogP contribution in [0.1, 0.15) is 21.8 Å². The van der Waals surface area contributed by atoms with Gasteiger partial charge in [0.2, 0.25) is 0 Å². The van der Waals surface area contributed by atoms with E-state index in [4.69, 9.17) is 14.3 Å². The molecule has 2 aromatic heterocycles. The predicted octanol–water partition coefficient (Wildman–Crippen LogP) is 2.95. The van der Waals surface area contributed by atoms with Crippen LogP contribution in [0.4, 0.5) is 10.2 Å². The number of benzene rings is 1. The van der Waals surface area contributed by atoms with Gasteiger partial charge in [-0.1, -0.05) is 6.07 Å². The topological polar surface area (TPSA) is 67.0 Å². The molecule has 3 heterocycles. The highest BCUT2D eigenvalue weighted by molar-refractivity contribution is 5.91. The van der Waals surface area contributed by atoms with E-state index in [0.29, 0.717) is 25.4 Å². The monoisotopic (exact) mass is 455 g/mol. The molecule has 0 atom stereocenters. The Morgan fingerprint density at radius 3 is 2.67 bits per heavy atom. The lowest BCUT2D eigenvalue weighted by atomic mass is 10.1. The Balaban J connectivity index is 1.75. The van der Waals surface area contributed by atoms with Gasteiger partial charge in [-0.05, 0) is 44.3 Å². The molecule has 3 aromatic rings. The van der Waals surface area contributed by atoms with Gasteiger partial charge in [-0.3, -0.25) is 4.79 Å². The molecule has 1 aliphatic heterocycles. The molecular weight excluding hydrogens is 425 g/mol. The second-order valence-electron chi connectivity index (χ2n) is 8.27. The maximum absolute atomic E-state index is 14.1. The number of furan rings is 1. The van der Waals surface area contributed by atoms with Crippen LogP contribution in [0.2, 0.25) is 0 Å². The molecule has 0 unspecified atom stereocenters. The lowest BCUT2D eigenvalue weighted by Crippen LogP contribution is -2.45. The first kappa shape index (κ1) is 23.0. The van der Waals surface area contributed by atoms with Crippen molar-refractivity contribution in [1.82, 2.24) is 19.6 Å².